The van der Waals surface area contributed by atoms with E-state index >= 15 is 0 Å². The second kappa shape index (κ2) is 6.16. The summed E-state index contributed by atoms with van der Waals surface area (Å²) in [4.78, 5) is 39.1. The molecular weight excluding hydrogens is 306 g/mol. The van der Waals surface area contributed by atoms with E-state index in [4.69, 9.17) is 0 Å². The zero-order valence-electron chi connectivity index (χ0n) is 13.4. The fraction of sp³-hybridized carbons (Fsp3) is 0.167. The number of benzene rings is 1. The highest BCUT2D eigenvalue weighted by atomic mass is 16.2. The molecule has 0 spiro atoms. The molecule has 2 aromatic heterocycles. The second-order valence-electron chi connectivity index (χ2n) is 5.73. The minimum Gasteiger partial charge on any atom is -0.325 e. The number of aromatic amines is 1. The summed E-state index contributed by atoms with van der Waals surface area (Å²) in [5.74, 6) is -0.354. The Bertz CT molecular complexity index is 1050. The standard InChI is InChI=1S/C18H17N3O3/c1-11-7-8-21(2)18(24)16(11)20-15(22)10-13-9-12-5-3-4-6-14(12)17(23)19-13/h3-9H,10H2,1-2H3,(H,19,23)(H,20,22). The first-order valence-corrected chi connectivity index (χ1v) is 7.53. The molecule has 0 saturated heterocycles. The van der Waals surface area contributed by atoms with Crippen LogP contribution in [0.15, 0.2) is 52.2 Å². The van der Waals surface area contributed by atoms with Crippen molar-refractivity contribution in [2.24, 2.45) is 7.05 Å². The smallest absolute Gasteiger partial charge is 0.274 e. The fourth-order valence-corrected chi connectivity index (χ4v) is 2.59. The Labute approximate surface area is 137 Å². The number of aryl methyl sites for hydroxylation is 2. The molecule has 0 bridgehead atoms. The lowest BCUT2D eigenvalue weighted by Gasteiger charge is -2.09. The highest BCUT2D eigenvalue weighted by molar-refractivity contribution is 5.93. The minimum atomic E-state index is -0.354. The molecular formula is C18H17N3O3. The van der Waals surface area contributed by atoms with Gasteiger partial charge in [-0.3, -0.25) is 14.4 Å². The molecule has 0 unspecified atom stereocenters. The van der Waals surface area contributed by atoms with Crippen molar-refractivity contribution in [1.82, 2.24) is 9.55 Å². The number of nitrogens with one attached hydrogen (secondary N) is 2. The van der Waals surface area contributed by atoms with E-state index in [9.17, 15) is 14.4 Å². The topological polar surface area (TPSA) is 84.0 Å². The molecule has 6 nitrogen and oxygen atoms in total. The molecule has 3 aromatic rings. The third-order valence-electron chi connectivity index (χ3n) is 3.90. The number of H-pyrrole nitrogens is 1. The average molecular weight is 323 g/mol. The van der Waals surface area contributed by atoms with E-state index in [1.54, 1.807) is 44.4 Å². The molecule has 3 rings (SSSR count). The number of hydrogen-bond acceptors (Lipinski definition) is 3. The molecule has 0 aliphatic carbocycles. The van der Waals surface area contributed by atoms with Crippen LogP contribution in [0.25, 0.3) is 10.8 Å². The second-order valence-corrected chi connectivity index (χ2v) is 5.73. The molecule has 2 heterocycles. The predicted molar refractivity (Wildman–Crippen MR) is 93.3 cm³/mol. The first kappa shape index (κ1) is 15.7. The Hall–Kier alpha value is -3.15. The number of pyridine rings is 2. The first-order chi connectivity index (χ1) is 11.5. The van der Waals surface area contributed by atoms with Gasteiger partial charge in [-0.15, -0.1) is 0 Å². The number of nitrogens with zero attached hydrogens (tertiary/aromatic N) is 1. The van der Waals surface area contributed by atoms with Crippen molar-refractivity contribution >= 4 is 22.4 Å². The maximum absolute atomic E-state index is 12.3. The van der Waals surface area contributed by atoms with Crippen molar-refractivity contribution < 1.29 is 4.79 Å². The Morgan fingerprint density at radius 3 is 2.75 bits per heavy atom. The van der Waals surface area contributed by atoms with Gasteiger partial charge in [-0.05, 0) is 36.1 Å². The number of anilines is 1. The number of aromatic nitrogens is 2. The van der Waals surface area contributed by atoms with Crippen molar-refractivity contribution in [2.75, 3.05) is 5.32 Å². The monoisotopic (exact) mass is 323 g/mol. The molecule has 0 saturated carbocycles. The quantitative estimate of drug-likeness (QED) is 0.770. The van der Waals surface area contributed by atoms with E-state index in [1.165, 1.54) is 4.57 Å². The lowest BCUT2D eigenvalue weighted by molar-refractivity contribution is -0.115. The van der Waals surface area contributed by atoms with Crippen molar-refractivity contribution in [1.29, 1.82) is 0 Å². The molecule has 0 aliphatic heterocycles. The Morgan fingerprint density at radius 1 is 1.21 bits per heavy atom. The van der Waals surface area contributed by atoms with Crippen LogP contribution in [0.1, 0.15) is 11.3 Å². The third-order valence-corrected chi connectivity index (χ3v) is 3.90. The minimum absolute atomic E-state index is 0.0163. The van der Waals surface area contributed by atoms with Gasteiger partial charge in [0.25, 0.3) is 11.1 Å². The number of hydrogen-bond donors (Lipinski definition) is 2. The molecule has 1 aromatic carbocycles. The van der Waals surface area contributed by atoms with Gasteiger partial charge in [0.1, 0.15) is 5.69 Å². The van der Waals surface area contributed by atoms with Crippen LogP contribution >= 0.6 is 0 Å². The average Bonchev–Trinajstić information content (AvgIpc) is 2.55. The molecule has 2 N–H and O–H groups in total. The van der Waals surface area contributed by atoms with Crippen LogP contribution in [-0.2, 0) is 18.3 Å². The van der Waals surface area contributed by atoms with Gasteiger partial charge < -0.3 is 14.9 Å². The number of amides is 1. The van der Waals surface area contributed by atoms with Gasteiger partial charge >= 0.3 is 0 Å². The summed E-state index contributed by atoms with van der Waals surface area (Å²) in [7, 11) is 1.62. The summed E-state index contributed by atoms with van der Waals surface area (Å²) >= 11 is 0. The SMILES string of the molecule is Cc1ccn(C)c(=O)c1NC(=O)Cc1cc2ccccc2c(=O)[nH]1. The van der Waals surface area contributed by atoms with E-state index in [-0.39, 0.29) is 29.1 Å². The summed E-state index contributed by atoms with van der Waals surface area (Å²) in [6, 6.07) is 10.7. The van der Waals surface area contributed by atoms with Crippen LogP contribution in [-0.4, -0.2) is 15.5 Å². The zero-order chi connectivity index (χ0) is 17.3. The largest absolute Gasteiger partial charge is 0.325 e. The highest BCUT2D eigenvalue weighted by Gasteiger charge is 2.11. The van der Waals surface area contributed by atoms with Crippen molar-refractivity contribution in [2.45, 2.75) is 13.3 Å². The van der Waals surface area contributed by atoms with Gasteiger partial charge in [0.05, 0.1) is 6.42 Å². The highest BCUT2D eigenvalue weighted by Crippen LogP contribution is 2.12. The maximum atomic E-state index is 12.3. The molecule has 0 fully saturated rings. The van der Waals surface area contributed by atoms with E-state index in [0.29, 0.717) is 16.6 Å². The Balaban J connectivity index is 1.87. The lowest BCUT2D eigenvalue weighted by atomic mass is 10.1. The normalized spacial score (nSPS) is 10.8. The van der Waals surface area contributed by atoms with E-state index in [2.05, 4.69) is 10.3 Å². The van der Waals surface area contributed by atoms with Gasteiger partial charge in [0.15, 0.2) is 0 Å². The zero-order valence-corrected chi connectivity index (χ0v) is 13.4. The lowest BCUT2D eigenvalue weighted by Crippen LogP contribution is -2.26. The van der Waals surface area contributed by atoms with Crippen molar-refractivity contribution in [3.63, 3.8) is 0 Å². The summed E-state index contributed by atoms with van der Waals surface area (Å²) < 4.78 is 1.40. The van der Waals surface area contributed by atoms with Gasteiger partial charge in [-0.1, -0.05) is 18.2 Å². The van der Waals surface area contributed by atoms with E-state index < -0.39 is 0 Å². The van der Waals surface area contributed by atoms with Gasteiger partial charge in [-0.25, -0.2) is 0 Å². The molecule has 1 amide bonds. The van der Waals surface area contributed by atoms with Gasteiger partial charge in [0.2, 0.25) is 5.91 Å². The van der Waals surface area contributed by atoms with Gasteiger partial charge in [0, 0.05) is 24.3 Å². The van der Waals surface area contributed by atoms with Crippen LogP contribution in [0.2, 0.25) is 0 Å². The predicted octanol–water partition coefficient (Wildman–Crippen LogP) is 1.72. The van der Waals surface area contributed by atoms with Gasteiger partial charge in [-0.2, -0.15) is 0 Å². The molecule has 6 heteroatoms. The van der Waals surface area contributed by atoms with Crippen LogP contribution in [0, 0.1) is 6.92 Å². The molecule has 24 heavy (non-hydrogen) atoms. The van der Waals surface area contributed by atoms with Crippen LogP contribution in [0.5, 0.6) is 0 Å². The number of carbonyl (C=O) groups is 1. The Kier molecular flexibility index (Phi) is 4.04. The number of fused-ring (bicyclic) bond motifs is 1. The summed E-state index contributed by atoms with van der Waals surface area (Å²) in [6.07, 6.45) is 1.63. The summed E-state index contributed by atoms with van der Waals surface area (Å²) in [5.41, 5.74) is 0.950. The molecule has 122 valence electrons. The number of carbonyl (C=O) groups excluding carboxylic acids is 1. The van der Waals surface area contributed by atoms with Crippen LogP contribution in [0.4, 0.5) is 5.69 Å². The fourth-order valence-electron chi connectivity index (χ4n) is 2.59. The molecule has 0 atom stereocenters. The first-order valence-electron chi connectivity index (χ1n) is 7.53. The third kappa shape index (κ3) is 2.99. The van der Waals surface area contributed by atoms with Crippen molar-refractivity contribution in [3.05, 3.63) is 74.6 Å². The molecule has 0 radical (unpaired) electrons. The maximum Gasteiger partial charge on any atom is 0.274 e. The van der Waals surface area contributed by atoms with E-state index in [1.807, 2.05) is 12.1 Å². The van der Waals surface area contributed by atoms with Crippen LogP contribution < -0.4 is 16.4 Å². The summed E-state index contributed by atoms with van der Waals surface area (Å²) in [5, 5.41) is 3.99. The summed E-state index contributed by atoms with van der Waals surface area (Å²) in [6.45, 7) is 1.76. The number of rotatable bonds is 3. The Morgan fingerprint density at radius 2 is 1.96 bits per heavy atom. The van der Waals surface area contributed by atoms with Crippen molar-refractivity contribution in [3.8, 4) is 0 Å². The molecule has 0 aliphatic rings. The van der Waals surface area contributed by atoms with E-state index in [0.717, 1.165) is 5.39 Å². The van der Waals surface area contributed by atoms with Crippen LogP contribution in [0.3, 0.4) is 0 Å².